The number of ether oxygens (including phenoxy) is 1. The van der Waals surface area contributed by atoms with Crippen LogP contribution in [0.3, 0.4) is 0 Å². The highest BCUT2D eigenvalue weighted by molar-refractivity contribution is 6.30. The van der Waals surface area contributed by atoms with E-state index in [2.05, 4.69) is 5.32 Å². The van der Waals surface area contributed by atoms with Gasteiger partial charge in [-0.1, -0.05) is 17.7 Å². The molecule has 0 saturated heterocycles. The molecule has 124 valence electrons. The molecule has 0 amide bonds. The van der Waals surface area contributed by atoms with Gasteiger partial charge in [0.15, 0.2) is 5.78 Å². The van der Waals surface area contributed by atoms with Gasteiger partial charge in [-0.3, -0.25) is 4.79 Å². The summed E-state index contributed by atoms with van der Waals surface area (Å²) in [5, 5.41) is 12.8. The first-order valence-corrected chi connectivity index (χ1v) is 7.62. The average molecular weight is 346 g/mol. The van der Waals surface area contributed by atoms with E-state index in [0.717, 1.165) is 6.08 Å². The van der Waals surface area contributed by atoms with E-state index in [1.165, 1.54) is 12.1 Å². The second-order valence-corrected chi connectivity index (χ2v) is 5.26. The Morgan fingerprint density at radius 2 is 1.92 bits per heavy atom. The van der Waals surface area contributed by atoms with Crippen LogP contribution < -0.4 is 5.32 Å². The van der Waals surface area contributed by atoms with E-state index in [9.17, 15) is 14.7 Å². The molecule has 5 nitrogen and oxygen atoms in total. The number of benzene rings is 2. The molecular weight excluding hydrogens is 330 g/mol. The minimum absolute atomic E-state index is 0.0256. The van der Waals surface area contributed by atoms with Crippen LogP contribution in [0.2, 0.25) is 5.02 Å². The highest BCUT2D eigenvalue weighted by atomic mass is 35.5. The maximum Gasteiger partial charge on any atom is 0.354 e. The average Bonchev–Trinajstić information content (AvgIpc) is 2.55. The first-order chi connectivity index (χ1) is 11.5. The minimum Gasteiger partial charge on any atom is -0.508 e. The Morgan fingerprint density at radius 1 is 1.21 bits per heavy atom. The number of hydrogen-bond donors (Lipinski definition) is 2. The van der Waals surface area contributed by atoms with E-state index in [0.29, 0.717) is 16.3 Å². The summed E-state index contributed by atoms with van der Waals surface area (Å²) < 4.78 is 4.96. The molecule has 2 rings (SSSR count). The van der Waals surface area contributed by atoms with Crippen molar-refractivity contribution >= 4 is 29.0 Å². The lowest BCUT2D eigenvalue weighted by Gasteiger charge is -2.10. The summed E-state index contributed by atoms with van der Waals surface area (Å²) in [6, 6.07) is 12.5. The van der Waals surface area contributed by atoms with Crippen LogP contribution in [0, 0.1) is 0 Å². The van der Waals surface area contributed by atoms with Gasteiger partial charge >= 0.3 is 5.97 Å². The van der Waals surface area contributed by atoms with Gasteiger partial charge in [-0.05, 0) is 43.3 Å². The Balaban J connectivity index is 2.29. The Hall–Kier alpha value is -2.79. The number of anilines is 1. The van der Waals surface area contributed by atoms with E-state index >= 15 is 0 Å². The number of carbonyl (C=O) groups is 2. The van der Waals surface area contributed by atoms with Crippen molar-refractivity contribution in [2.24, 2.45) is 0 Å². The molecule has 0 saturated carbocycles. The van der Waals surface area contributed by atoms with Crippen LogP contribution in [-0.2, 0) is 9.53 Å². The Kier molecular flexibility index (Phi) is 5.98. The number of ketones is 1. The number of phenolic OH excluding ortho intramolecular Hbond substituents is 1. The van der Waals surface area contributed by atoms with Gasteiger partial charge in [0.05, 0.1) is 6.61 Å². The number of esters is 1. The molecule has 0 atom stereocenters. The number of halogens is 1. The molecule has 0 bridgehead atoms. The number of phenols is 1. The summed E-state index contributed by atoms with van der Waals surface area (Å²) in [7, 11) is 0. The molecule has 0 fully saturated rings. The summed E-state index contributed by atoms with van der Waals surface area (Å²) in [5.41, 5.74) is 0.819. The van der Waals surface area contributed by atoms with E-state index in [1.807, 2.05) is 0 Å². The lowest BCUT2D eigenvalue weighted by molar-refractivity contribution is -0.138. The van der Waals surface area contributed by atoms with Crippen LogP contribution in [0.4, 0.5) is 5.69 Å². The van der Waals surface area contributed by atoms with Crippen LogP contribution in [0.25, 0.3) is 0 Å². The number of aromatic hydroxyl groups is 1. The fourth-order valence-corrected chi connectivity index (χ4v) is 2.05. The Bertz CT molecular complexity index is 769. The molecule has 24 heavy (non-hydrogen) atoms. The van der Waals surface area contributed by atoms with Gasteiger partial charge in [0, 0.05) is 28.4 Å². The van der Waals surface area contributed by atoms with Crippen LogP contribution in [0.1, 0.15) is 17.3 Å². The van der Waals surface area contributed by atoms with Crippen LogP contribution in [0.15, 0.2) is 60.3 Å². The lowest BCUT2D eigenvalue weighted by Crippen LogP contribution is -2.16. The van der Waals surface area contributed by atoms with Gasteiger partial charge < -0.3 is 15.2 Å². The number of carbonyl (C=O) groups excluding carboxylic acids is 2. The maximum atomic E-state index is 12.3. The van der Waals surface area contributed by atoms with Gasteiger partial charge in [0.1, 0.15) is 11.4 Å². The summed E-state index contributed by atoms with van der Waals surface area (Å²) in [5.74, 6) is -1.00. The highest BCUT2D eigenvalue weighted by Crippen LogP contribution is 2.18. The van der Waals surface area contributed by atoms with Crippen molar-refractivity contribution in [2.75, 3.05) is 11.9 Å². The molecule has 2 aromatic carbocycles. The molecule has 0 radical (unpaired) electrons. The lowest BCUT2D eigenvalue weighted by atomic mass is 10.1. The Labute approximate surface area is 144 Å². The third kappa shape index (κ3) is 4.86. The molecule has 0 aliphatic heterocycles. The highest BCUT2D eigenvalue weighted by Gasteiger charge is 2.14. The van der Waals surface area contributed by atoms with E-state index in [1.54, 1.807) is 43.3 Å². The predicted octanol–water partition coefficient (Wildman–Crippen LogP) is 3.79. The first-order valence-electron chi connectivity index (χ1n) is 7.24. The second kappa shape index (κ2) is 8.17. The van der Waals surface area contributed by atoms with Crippen molar-refractivity contribution in [3.05, 3.63) is 70.9 Å². The normalized spacial score (nSPS) is 11.0. The molecular formula is C18H16ClNO4. The van der Waals surface area contributed by atoms with Crippen LogP contribution in [0.5, 0.6) is 5.75 Å². The van der Waals surface area contributed by atoms with E-state index in [4.69, 9.17) is 16.3 Å². The van der Waals surface area contributed by atoms with Crippen LogP contribution >= 0.6 is 11.6 Å². The molecule has 2 aromatic rings. The van der Waals surface area contributed by atoms with E-state index < -0.39 is 5.97 Å². The maximum absolute atomic E-state index is 12.3. The molecule has 6 heteroatoms. The van der Waals surface area contributed by atoms with Crippen molar-refractivity contribution < 1.29 is 19.4 Å². The van der Waals surface area contributed by atoms with Gasteiger partial charge in [0.2, 0.25) is 0 Å². The van der Waals surface area contributed by atoms with Crippen molar-refractivity contribution in [1.29, 1.82) is 0 Å². The molecule has 0 aliphatic carbocycles. The number of hydrogen-bond acceptors (Lipinski definition) is 5. The van der Waals surface area contributed by atoms with Crippen molar-refractivity contribution in [1.82, 2.24) is 0 Å². The molecule has 2 N–H and O–H groups in total. The molecule has 0 aliphatic rings. The number of allylic oxidation sites excluding steroid dienone is 1. The van der Waals surface area contributed by atoms with Gasteiger partial charge in [-0.2, -0.15) is 0 Å². The standard InChI is InChI=1S/C18H16ClNO4/c1-2-24-18(23)16(20-14-4-3-5-15(21)10-14)11-17(22)12-6-8-13(19)9-7-12/h3-11,20-21H,2H2,1H3. The Morgan fingerprint density at radius 3 is 2.54 bits per heavy atom. The van der Waals surface area contributed by atoms with Crippen LogP contribution in [-0.4, -0.2) is 23.5 Å². The second-order valence-electron chi connectivity index (χ2n) is 4.82. The van der Waals surface area contributed by atoms with Gasteiger partial charge in [0.25, 0.3) is 0 Å². The molecule has 0 spiro atoms. The smallest absolute Gasteiger partial charge is 0.354 e. The molecule has 0 heterocycles. The summed E-state index contributed by atoms with van der Waals surface area (Å²) in [6.07, 6.45) is 1.16. The summed E-state index contributed by atoms with van der Waals surface area (Å²) in [4.78, 5) is 24.4. The van der Waals surface area contributed by atoms with E-state index in [-0.39, 0.29) is 23.8 Å². The zero-order chi connectivity index (χ0) is 17.5. The first kappa shape index (κ1) is 17.6. The van der Waals surface area contributed by atoms with Gasteiger partial charge in [-0.15, -0.1) is 0 Å². The fraction of sp³-hybridized carbons (Fsp3) is 0.111. The zero-order valence-electron chi connectivity index (χ0n) is 13.0. The number of rotatable bonds is 6. The molecule has 0 unspecified atom stereocenters. The van der Waals surface area contributed by atoms with Gasteiger partial charge in [-0.25, -0.2) is 4.79 Å². The predicted molar refractivity (Wildman–Crippen MR) is 92.2 cm³/mol. The zero-order valence-corrected chi connectivity index (χ0v) is 13.7. The van der Waals surface area contributed by atoms with Crippen molar-refractivity contribution in [3.8, 4) is 5.75 Å². The topological polar surface area (TPSA) is 75.6 Å². The van der Waals surface area contributed by atoms with Crippen molar-refractivity contribution in [3.63, 3.8) is 0 Å². The fourth-order valence-electron chi connectivity index (χ4n) is 1.92. The third-order valence-electron chi connectivity index (χ3n) is 3.02. The number of nitrogens with one attached hydrogen (secondary N) is 1. The third-order valence-corrected chi connectivity index (χ3v) is 3.28. The largest absolute Gasteiger partial charge is 0.508 e. The summed E-state index contributed by atoms with van der Waals surface area (Å²) >= 11 is 5.80. The molecule has 0 aromatic heterocycles. The SMILES string of the molecule is CCOC(=O)C(=CC(=O)c1ccc(Cl)cc1)Nc1cccc(O)c1. The minimum atomic E-state index is -0.664. The monoisotopic (exact) mass is 345 g/mol. The summed E-state index contributed by atoms with van der Waals surface area (Å²) in [6.45, 7) is 1.85. The quantitative estimate of drug-likeness (QED) is 0.473. The van der Waals surface area contributed by atoms with Crippen molar-refractivity contribution in [2.45, 2.75) is 6.92 Å².